The maximum absolute atomic E-state index is 12.7. The van der Waals surface area contributed by atoms with Crippen LogP contribution < -0.4 is 0 Å². The molecule has 0 aromatic heterocycles. The predicted octanol–water partition coefficient (Wildman–Crippen LogP) is 3.89. The highest BCUT2D eigenvalue weighted by molar-refractivity contribution is 7.99. The average molecular weight is 356 g/mol. The molecule has 1 fully saturated rings. The number of hydrogen-bond acceptors (Lipinski definition) is 4. The van der Waals surface area contributed by atoms with Crippen molar-refractivity contribution in [3.05, 3.63) is 34.9 Å². The summed E-state index contributed by atoms with van der Waals surface area (Å²) in [5, 5.41) is 0.354. The summed E-state index contributed by atoms with van der Waals surface area (Å²) in [6, 6.07) is 6.90. The Bertz CT molecular complexity index is 579. The summed E-state index contributed by atoms with van der Waals surface area (Å²) >= 11 is 7.85. The maximum atomic E-state index is 12.7. The number of halogens is 1. The summed E-state index contributed by atoms with van der Waals surface area (Å²) in [7, 11) is 0. The summed E-state index contributed by atoms with van der Waals surface area (Å²) in [6.45, 7) is 5.99. The predicted molar refractivity (Wildman–Crippen MR) is 93.4 cm³/mol. The molecule has 0 unspecified atom stereocenters. The fraction of sp³-hybridized carbons (Fsp3) is 0.529. The summed E-state index contributed by atoms with van der Waals surface area (Å²) < 4.78 is 5.27. The van der Waals surface area contributed by atoms with Crippen LogP contribution in [0.15, 0.2) is 24.3 Å². The van der Waals surface area contributed by atoms with Gasteiger partial charge in [-0.2, -0.15) is 0 Å². The molecular weight excluding hydrogens is 334 g/mol. The zero-order valence-electron chi connectivity index (χ0n) is 13.6. The normalized spacial score (nSPS) is 20.8. The van der Waals surface area contributed by atoms with Crippen molar-refractivity contribution in [2.45, 2.75) is 38.6 Å². The van der Waals surface area contributed by atoms with Crippen molar-refractivity contribution in [2.24, 2.45) is 5.92 Å². The third kappa shape index (κ3) is 4.01. The van der Waals surface area contributed by atoms with Crippen LogP contribution in [0.4, 0.5) is 0 Å². The number of benzene rings is 1. The number of nitrogens with zero attached hydrogens (tertiary/aromatic N) is 1. The minimum Gasteiger partial charge on any atom is -0.464 e. The van der Waals surface area contributed by atoms with Crippen molar-refractivity contribution in [3.8, 4) is 0 Å². The van der Waals surface area contributed by atoms with Crippen molar-refractivity contribution >= 4 is 35.2 Å². The second-order valence-corrected chi connectivity index (χ2v) is 7.31. The Morgan fingerprint density at radius 1 is 1.39 bits per heavy atom. The number of hydrogen-bond donors (Lipinski definition) is 0. The van der Waals surface area contributed by atoms with Gasteiger partial charge in [0.2, 0.25) is 5.91 Å². The lowest BCUT2D eigenvalue weighted by Gasteiger charge is -2.30. The number of esters is 1. The topological polar surface area (TPSA) is 46.6 Å². The van der Waals surface area contributed by atoms with E-state index in [1.807, 2.05) is 39.0 Å². The fourth-order valence-electron chi connectivity index (χ4n) is 2.47. The molecule has 0 aliphatic carbocycles. The molecule has 1 aliphatic rings. The van der Waals surface area contributed by atoms with Crippen molar-refractivity contribution in [3.63, 3.8) is 0 Å². The van der Waals surface area contributed by atoms with E-state index in [0.29, 0.717) is 17.4 Å². The molecule has 0 bridgehead atoms. The average Bonchev–Trinajstić information content (AvgIpc) is 2.96. The van der Waals surface area contributed by atoms with Crippen molar-refractivity contribution in [1.82, 2.24) is 4.90 Å². The van der Waals surface area contributed by atoms with Gasteiger partial charge in [-0.25, -0.2) is 4.79 Å². The lowest BCUT2D eigenvalue weighted by molar-refractivity contribution is -0.155. The highest BCUT2D eigenvalue weighted by Gasteiger charge is 2.44. The number of thioether (sulfide) groups is 1. The lowest BCUT2D eigenvalue weighted by Crippen LogP contribution is -2.45. The molecule has 1 heterocycles. The Hall–Kier alpha value is -1.20. The Morgan fingerprint density at radius 3 is 2.70 bits per heavy atom. The molecular formula is C17H22ClNO3S. The minimum atomic E-state index is -0.553. The third-order valence-corrected chi connectivity index (χ3v) is 5.29. The monoisotopic (exact) mass is 355 g/mol. The van der Waals surface area contributed by atoms with Gasteiger partial charge in [-0.3, -0.25) is 4.79 Å². The molecule has 6 heteroatoms. The van der Waals surface area contributed by atoms with Crippen LogP contribution in [0.2, 0.25) is 5.02 Å². The van der Waals surface area contributed by atoms with Crippen LogP contribution in [-0.2, 0) is 14.3 Å². The first kappa shape index (κ1) is 18.1. The van der Waals surface area contributed by atoms with Gasteiger partial charge in [0.05, 0.1) is 6.61 Å². The fourth-order valence-corrected chi connectivity index (χ4v) is 4.23. The van der Waals surface area contributed by atoms with Crippen LogP contribution in [0.5, 0.6) is 0 Å². The van der Waals surface area contributed by atoms with Gasteiger partial charge in [-0.1, -0.05) is 50.6 Å². The van der Waals surface area contributed by atoms with Gasteiger partial charge < -0.3 is 9.64 Å². The van der Waals surface area contributed by atoms with Crippen molar-refractivity contribution in [1.29, 1.82) is 0 Å². The molecule has 2 rings (SSSR count). The molecule has 1 amide bonds. The van der Waals surface area contributed by atoms with Gasteiger partial charge in [0, 0.05) is 22.3 Å². The van der Waals surface area contributed by atoms with E-state index in [1.54, 1.807) is 22.7 Å². The number of amides is 1. The Morgan fingerprint density at radius 2 is 2.09 bits per heavy atom. The number of carbonyl (C=O) groups excluding carboxylic acids is 2. The van der Waals surface area contributed by atoms with E-state index in [4.69, 9.17) is 16.3 Å². The SMILES string of the molecule is CCCOC(=O)[C@H]1CS[C@@H](c2ccccc2Cl)N1C(=O)C(C)C. The van der Waals surface area contributed by atoms with E-state index in [2.05, 4.69) is 0 Å². The number of carbonyl (C=O) groups is 2. The van der Waals surface area contributed by atoms with Crippen LogP contribution >= 0.6 is 23.4 Å². The highest BCUT2D eigenvalue weighted by Crippen LogP contribution is 2.44. The van der Waals surface area contributed by atoms with Gasteiger partial charge in [0.15, 0.2) is 0 Å². The van der Waals surface area contributed by atoms with E-state index in [0.717, 1.165) is 12.0 Å². The van der Waals surface area contributed by atoms with E-state index < -0.39 is 6.04 Å². The Labute approximate surface area is 146 Å². The second-order valence-electron chi connectivity index (χ2n) is 5.79. The standard InChI is InChI=1S/C17H22ClNO3S/c1-4-9-22-17(21)14-10-23-16(19(14)15(20)11(2)3)12-7-5-6-8-13(12)18/h5-8,11,14,16H,4,9-10H2,1-3H3/t14-,16+/m1/s1. The van der Waals surface area contributed by atoms with Gasteiger partial charge >= 0.3 is 5.97 Å². The molecule has 4 nitrogen and oxygen atoms in total. The van der Waals surface area contributed by atoms with Crippen LogP contribution in [0, 0.1) is 5.92 Å². The Balaban J connectivity index is 2.31. The smallest absolute Gasteiger partial charge is 0.329 e. The molecule has 23 heavy (non-hydrogen) atoms. The largest absolute Gasteiger partial charge is 0.464 e. The molecule has 126 valence electrons. The first-order valence-electron chi connectivity index (χ1n) is 7.82. The first-order chi connectivity index (χ1) is 11.0. The Kier molecular flexibility index (Phi) is 6.36. The molecule has 1 saturated heterocycles. The van der Waals surface area contributed by atoms with E-state index in [1.165, 1.54) is 0 Å². The summed E-state index contributed by atoms with van der Waals surface area (Å²) in [6.07, 6.45) is 0.762. The van der Waals surface area contributed by atoms with Crippen molar-refractivity contribution in [2.75, 3.05) is 12.4 Å². The molecule has 0 spiro atoms. The molecule has 2 atom stereocenters. The molecule has 1 aromatic carbocycles. The molecule has 1 aromatic rings. The van der Waals surface area contributed by atoms with Crippen LogP contribution in [0.25, 0.3) is 0 Å². The molecule has 0 saturated carbocycles. The highest BCUT2D eigenvalue weighted by atomic mass is 35.5. The molecule has 1 aliphatic heterocycles. The van der Waals surface area contributed by atoms with E-state index in [9.17, 15) is 9.59 Å². The molecule has 0 N–H and O–H groups in total. The second kappa shape index (κ2) is 8.06. The van der Waals surface area contributed by atoms with Gasteiger partial charge in [-0.05, 0) is 12.5 Å². The van der Waals surface area contributed by atoms with Gasteiger partial charge in [0.25, 0.3) is 0 Å². The van der Waals surface area contributed by atoms with E-state index in [-0.39, 0.29) is 23.2 Å². The number of rotatable bonds is 5. The quantitative estimate of drug-likeness (QED) is 0.752. The van der Waals surface area contributed by atoms with Crippen molar-refractivity contribution < 1.29 is 14.3 Å². The van der Waals surface area contributed by atoms with Crippen LogP contribution in [0.3, 0.4) is 0 Å². The van der Waals surface area contributed by atoms with Gasteiger partial charge in [-0.15, -0.1) is 11.8 Å². The zero-order valence-corrected chi connectivity index (χ0v) is 15.2. The van der Waals surface area contributed by atoms with Crippen LogP contribution in [-0.4, -0.2) is 35.2 Å². The summed E-state index contributed by atoms with van der Waals surface area (Å²) in [5.41, 5.74) is 0.860. The summed E-state index contributed by atoms with van der Waals surface area (Å²) in [5.74, 6) is -0.0573. The lowest BCUT2D eigenvalue weighted by atomic mass is 10.1. The van der Waals surface area contributed by atoms with E-state index >= 15 is 0 Å². The summed E-state index contributed by atoms with van der Waals surface area (Å²) in [4.78, 5) is 26.7. The first-order valence-corrected chi connectivity index (χ1v) is 9.24. The third-order valence-electron chi connectivity index (χ3n) is 3.64. The van der Waals surface area contributed by atoms with Crippen LogP contribution in [0.1, 0.15) is 38.1 Å². The molecule has 0 radical (unpaired) electrons. The maximum Gasteiger partial charge on any atom is 0.329 e. The zero-order chi connectivity index (χ0) is 17.0. The minimum absolute atomic E-state index is 0.0571. The van der Waals surface area contributed by atoms with Gasteiger partial charge in [0.1, 0.15) is 11.4 Å². The number of ether oxygens (including phenoxy) is 1.